The van der Waals surface area contributed by atoms with Crippen LogP contribution in [0.15, 0.2) is 18.2 Å². The van der Waals surface area contributed by atoms with Gasteiger partial charge >= 0.3 is 0 Å². The van der Waals surface area contributed by atoms with Crippen LogP contribution in [-0.2, 0) is 11.3 Å². The van der Waals surface area contributed by atoms with Gasteiger partial charge in [0.05, 0.1) is 4.92 Å². The smallest absolute Gasteiger partial charge is 0.273 e. The third kappa shape index (κ3) is 3.65. The van der Waals surface area contributed by atoms with Crippen LogP contribution in [0.3, 0.4) is 0 Å². The first kappa shape index (κ1) is 14.2. The summed E-state index contributed by atoms with van der Waals surface area (Å²) in [4.78, 5) is 10.6. The monoisotopic (exact) mass is 284 g/mol. The second-order valence-corrected chi connectivity index (χ2v) is 5.49. The van der Waals surface area contributed by atoms with Crippen molar-refractivity contribution in [2.24, 2.45) is 0 Å². The zero-order valence-corrected chi connectivity index (χ0v) is 11.6. The van der Waals surface area contributed by atoms with Crippen LogP contribution >= 0.6 is 11.6 Å². The molecule has 0 amide bonds. The number of halogens is 1. The molecule has 1 aliphatic rings. The van der Waals surface area contributed by atoms with E-state index in [4.69, 9.17) is 16.3 Å². The zero-order valence-electron chi connectivity index (χ0n) is 10.8. The molecule has 0 unspecified atom stereocenters. The summed E-state index contributed by atoms with van der Waals surface area (Å²) >= 11 is 5.91. The van der Waals surface area contributed by atoms with Crippen LogP contribution in [0.4, 0.5) is 5.69 Å². The zero-order chi connectivity index (χ0) is 13.9. The van der Waals surface area contributed by atoms with Gasteiger partial charge in [-0.2, -0.15) is 0 Å². The van der Waals surface area contributed by atoms with Crippen molar-refractivity contribution in [3.05, 3.63) is 38.9 Å². The van der Waals surface area contributed by atoms with E-state index in [1.807, 2.05) is 0 Å². The summed E-state index contributed by atoms with van der Waals surface area (Å²) in [7, 11) is 0. The molecule has 0 bridgehead atoms. The number of nitro benzene ring substituents is 1. The summed E-state index contributed by atoms with van der Waals surface area (Å²) in [5.74, 6) is 0. The average Bonchev–Trinajstić information content (AvgIpc) is 2.37. The molecule has 5 nitrogen and oxygen atoms in total. The molecule has 19 heavy (non-hydrogen) atoms. The van der Waals surface area contributed by atoms with Gasteiger partial charge < -0.3 is 10.1 Å². The molecule has 0 atom stereocenters. The van der Waals surface area contributed by atoms with E-state index in [2.05, 4.69) is 12.2 Å². The summed E-state index contributed by atoms with van der Waals surface area (Å²) in [6.07, 6.45) is 1.81. The van der Waals surface area contributed by atoms with Crippen LogP contribution in [0.2, 0.25) is 5.02 Å². The molecule has 2 rings (SSSR count). The SMILES string of the molecule is CC1(NCc2cc(Cl)ccc2[N+](=O)[O-])CCOCC1. The molecular weight excluding hydrogens is 268 g/mol. The van der Waals surface area contributed by atoms with Crippen molar-refractivity contribution >= 4 is 17.3 Å². The third-order valence-electron chi connectivity index (χ3n) is 3.54. The van der Waals surface area contributed by atoms with Crippen molar-refractivity contribution < 1.29 is 9.66 Å². The second kappa shape index (κ2) is 5.86. The van der Waals surface area contributed by atoms with E-state index in [1.54, 1.807) is 12.1 Å². The van der Waals surface area contributed by atoms with E-state index in [0.717, 1.165) is 26.1 Å². The molecule has 1 aliphatic heterocycles. The first-order valence-corrected chi connectivity index (χ1v) is 6.64. The lowest BCUT2D eigenvalue weighted by Crippen LogP contribution is -2.46. The van der Waals surface area contributed by atoms with E-state index in [0.29, 0.717) is 17.1 Å². The molecule has 0 saturated carbocycles. The molecule has 1 saturated heterocycles. The molecule has 1 fully saturated rings. The topological polar surface area (TPSA) is 64.4 Å². The van der Waals surface area contributed by atoms with Crippen LogP contribution in [0, 0.1) is 10.1 Å². The fourth-order valence-electron chi connectivity index (χ4n) is 2.18. The first-order valence-electron chi connectivity index (χ1n) is 6.26. The molecule has 1 aromatic rings. The van der Waals surface area contributed by atoms with Gasteiger partial charge in [0.1, 0.15) is 0 Å². The first-order chi connectivity index (χ1) is 9.00. The highest BCUT2D eigenvalue weighted by Crippen LogP contribution is 2.25. The van der Waals surface area contributed by atoms with Gasteiger partial charge in [-0.15, -0.1) is 0 Å². The highest BCUT2D eigenvalue weighted by atomic mass is 35.5. The number of ether oxygens (including phenoxy) is 1. The summed E-state index contributed by atoms with van der Waals surface area (Å²) in [5.41, 5.74) is 0.687. The summed E-state index contributed by atoms with van der Waals surface area (Å²) in [6.45, 7) is 4.00. The minimum absolute atomic E-state index is 0.0333. The predicted octanol–water partition coefficient (Wildman–Crippen LogP) is 2.91. The van der Waals surface area contributed by atoms with Gasteiger partial charge in [0.25, 0.3) is 5.69 Å². The molecule has 104 valence electrons. The Kier molecular flexibility index (Phi) is 4.39. The van der Waals surface area contributed by atoms with Gasteiger partial charge in [-0.3, -0.25) is 10.1 Å². The van der Waals surface area contributed by atoms with Gasteiger partial charge in [-0.25, -0.2) is 0 Å². The second-order valence-electron chi connectivity index (χ2n) is 5.06. The third-order valence-corrected chi connectivity index (χ3v) is 3.78. The maximum absolute atomic E-state index is 11.0. The normalized spacial score (nSPS) is 18.2. The Balaban J connectivity index is 2.10. The largest absolute Gasteiger partial charge is 0.381 e. The molecule has 0 spiro atoms. The van der Waals surface area contributed by atoms with E-state index < -0.39 is 0 Å². The van der Waals surface area contributed by atoms with Crippen molar-refractivity contribution in [3.63, 3.8) is 0 Å². The molecule has 0 radical (unpaired) electrons. The molecular formula is C13H17ClN2O3. The number of hydrogen-bond donors (Lipinski definition) is 1. The molecule has 1 N–H and O–H groups in total. The fraction of sp³-hybridized carbons (Fsp3) is 0.538. The molecule has 0 aliphatic carbocycles. The van der Waals surface area contributed by atoms with Crippen LogP contribution in [-0.4, -0.2) is 23.7 Å². The van der Waals surface area contributed by atoms with Gasteiger partial charge in [0, 0.05) is 41.9 Å². The predicted molar refractivity (Wildman–Crippen MR) is 73.4 cm³/mol. The Morgan fingerprint density at radius 3 is 2.79 bits per heavy atom. The Bertz CT molecular complexity index is 473. The summed E-state index contributed by atoms with van der Waals surface area (Å²) < 4.78 is 5.33. The number of nitro groups is 1. The number of rotatable bonds is 4. The Morgan fingerprint density at radius 2 is 2.16 bits per heavy atom. The summed E-state index contributed by atoms with van der Waals surface area (Å²) in [6, 6.07) is 4.64. The van der Waals surface area contributed by atoms with Gasteiger partial charge in [-0.1, -0.05) is 11.6 Å². The number of hydrogen-bond acceptors (Lipinski definition) is 4. The Morgan fingerprint density at radius 1 is 1.47 bits per heavy atom. The lowest BCUT2D eigenvalue weighted by molar-refractivity contribution is -0.385. The van der Waals surface area contributed by atoms with E-state index >= 15 is 0 Å². The minimum atomic E-state index is -0.375. The van der Waals surface area contributed by atoms with Crippen LogP contribution < -0.4 is 5.32 Å². The van der Waals surface area contributed by atoms with E-state index in [1.165, 1.54) is 6.07 Å². The molecule has 1 heterocycles. The van der Waals surface area contributed by atoms with Crippen molar-refractivity contribution in [1.82, 2.24) is 5.32 Å². The highest BCUT2D eigenvalue weighted by molar-refractivity contribution is 6.30. The van der Waals surface area contributed by atoms with Gasteiger partial charge in [0.15, 0.2) is 0 Å². The van der Waals surface area contributed by atoms with Crippen LogP contribution in [0.5, 0.6) is 0 Å². The lowest BCUT2D eigenvalue weighted by atomic mass is 9.92. The van der Waals surface area contributed by atoms with Crippen molar-refractivity contribution in [1.29, 1.82) is 0 Å². The van der Waals surface area contributed by atoms with Crippen molar-refractivity contribution in [3.8, 4) is 0 Å². The number of nitrogens with zero attached hydrogens (tertiary/aromatic N) is 1. The average molecular weight is 285 g/mol. The summed E-state index contributed by atoms with van der Waals surface area (Å²) in [5, 5.41) is 14.9. The van der Waals surface area contributed by atoms with Crippen molar-refractivity contribution in [2.75, 3.05) is 13.2 Å². The maximum Gasteiger partial charge on any atom is 0.273 e. The molecule has 0 aromatic heterocycles. The quantitative estimate of drug-likeness (QED) is 0.682. The lowest BCUT2D eigenvalue weighted by Gasteiger charge is -2.34. The maximum atomic E-state index is 11.0. The minimum Gasteiger partial charge on any atom is -0.381 e. The fourth-order valence-corrected chi connectivity index (χ4v) is 2.38. The van der Waals surface area contributed by atoms with E-state index in [-0.39, 0.29) is 16.1 Å². The highest BCUT2D eigenvalue weighted by Gasteiger charge is 2.27. The molecule has 6 heteroatoms. The number of benzene rings is 1. The van der Waals surface area contributed by atoms with Crippen molar-refractivity contribution in [2.45, 2.75) is 31.8 Å². The van der Waals surface area contributed by atoms with Crippen LogP contribution in [0.1, 0.15) is 25.3 Å². The van der Waals surface area contributed by atoms with Gasteiger partial charge in [0.2, 0.25) is 0 Å². The van der Waals surface area contributed by atoms with Gasteiger partial charge in [-0.05, 0) is 31.9 Å². The standard InChI is InChI=1S/C13H17ClN2O3/c1-13(4-6-19-7-5-13)15-9-10-8-11(14)2-3-12(10)16(17)18/h2-3,8,15H,4-7,9H2,1H3. The van der Waals surface area contributed by atoms with Crippen LogP contribution in [0.25, 0.3) is 0 Å². The number of nitrogens with one attached hydrogen (secondary N) is 1. The van der Waals surface area contributed by atoms with E-state index in [9.17, 15) is 10.1 Å². The Hall–Kier alpha value is -1.17. The Labute approximate surface area is 117 Å². The molecule has 1 aromatic carbocycles.